The van der Waals surface area contributed by atoms with Gasteiger partial charge in [0.2, 0.25) is 0 Å². The first kappa shape index (κ1) is 21.1. The maximum atomic E-state index is 13.4. The molecule has 1 aliphatic rings. The molecule has 1 fully saturated rings. The van der Waals surface area contributed by atoms with Crippen LogP contribution in [0, 0.1) is 0 Å². The lowest BCUT2D eigenvalue weighted by molar-refractivity contribution is -0.142. The van der Waals surface area contributed by atoms with Gasteiger partial charge in [-0.15, -0.1) is 12.4 Å². The van der Waals surface area contributed by atoms with Crippen LogP contribution < -0.4 is 14.8 Å². The molecular weight excluding hydrogens is 368 g/mol. The molecule has 1 amide bonds. The highest BCUT2D eigenvalue weighted by Gasteiger charge is 2.43. The molecule has 0 spiro atoms. The van der Waals surface area contributed by atoms with E-state index in [9.17, 15) is 4.79 Å². The van der Waals surface area contributed by atoms with Crippen LogP contribution in [0.4, 0.5) is 0 Å². The van der Waals surface area contributed by atoms with Crippen LogP contribution in [0.2, 0.25) is 0 Å². The van der Waals surface area contributed by atoms with E-state index in [1.54, 1.807) is 25.3 Å². The first-order valence-corrected chi connectivity index (χ1v) is 8.77. The number of methoxy groups -OCH3 is 2. The zero-order valence-corrected chi connectivity index (χ0v) is 16.8. The third-order valence-electron chi connectivity index (χ3n) is 4.95. The van der Waals surface area contributed by atoms with Gasteiger partial charge in [-0.3, -0.25) is 9.48 Å². The predicted octanol–water partition coefficient (Wildman–Crippen LogP) is 2.06. The Kier molecular flexibility index (Phi) is 7.10. The van der Waals surface area contributed by atoms with E-state index < -0.39 is 5.54 Å². The number of likely N-dealkylation sites (N-methyl/N-ethyl adjacent to an activating group) is 1. The summed E-state index contributed by atoms with van der Waals surface area (Å²) in [6.07, 6.45) is 5.05. The van der Waals surface area contributed by atoms with Gasteiger partial charge in [0.25, 0.3) is 5.91 Å². The van der Waals surface area contributed by atoms with Crippen molar-refractivity contribution in [3.05, 3.63) is 42.2 Å². The Morgan fingerprint density at radius 2 is 1.85 bits per heavy atom. The number of carbonyl (C=O) groups is 1. The number of carbonyl (C=O) groups excluding carboxylic acids is 1. The van der Waals surface area contributed by atoms with E-state index in [0.29, 0.717) is 18.0 Å². The predicted molar refractivity (Wildman–Crippen MR) is 106 cm³/mol. The Bertz CT molecular complexity index is 723. The summed E-state index contributed by atoms with van der Waals surface area (Å²) in [5.41, 5.74) is 0.327. The average molecular weight is 395 g/mol. The lowest BCUT2D eigenvalue weighted by atomic mass is 9.86. The lowest BCUT2D eigenvalue weighted by Gasteiger charge is -2.39. The second-order valence-electron chi connectivity index (χ2n) is 6.61. The van der Waals surface area contributed by atoms with Crippen molar-refractivity contribution in [3.63, 3.8) is 0 Å². The molecule has 0 atom stereocenters. The van der Waals surface area contributed by atoms with Gasteiger partial charge in [-0.2, -0.15) is 5.10 Å². The molecule has 0 aliphatic carbocycles. The SMILES string of the molecule is COc1cc(CN(C)C(=O)C2(n3cccn3)CCNCC2)cc(OC)c1.Cl. The number of benzene rings is 1. The highest BCUT2D eigenvalue weighted by Crippen LogP contribution is 2.30. The number of hydrogen-bond donors (Lipinski definition) is 1. The fourth-order valence-corrected chi connectivity index (χ4v) is 3.56. The van der Waals surface area contributed by atoms with E-state index in [1.807, 2.05) is 42.2 Å². The van der Waals surface area contributed by atoms with Gasteiger partial charge in [0, 0.05) is 32.1 Å². The molecule has 1 aromatic heterocycles. The molecule has 27 heavy (non-hydrogen) atoms. The molecule has 0 unspecified atom stereocenters. The highest BCUT2D eigenvalue weighted by atomic mass is 35.5. The fraction of sp³-hybridized carbons (Fsp3) is 0.474. The second kappa shape index (κ2) is 9.10. The molecular formula is C19H27ClN4O3. The highest BCUT2D eigenvalue weighted by molar-refractivity contribution is 5.85. The summed E-state index contributed by atoms with van der Waals surface area (Å²) in [5.74, 6) is 1.50. The minimum Gasteiger partial charge on any atom is -0.497 e. The molecule has 3 rings (SSSR count). The van der Waals surface area contributed by atoms with Crippen LogP contribution in [0.15, 0.2) is 36.7 Å². The summed E-state index contributed by atoms with van der Waals surface area (Å²) in [6, 6.07) is 7.54. The van der Waals surface area contributed by atoms with Crippen molar-refractivity contribution < 1.29 is 14.3 Å². The first-order chi connectivity index (χ1) is 12.6. The zero-order chi connectivity index (χ0) is 18.6. The Morgan fingerprint density at radius 1 is 1.22 bits per heavy atom. The van der Waals surface area contributed by atoms with Crippen molar-refractivity contribution in [2.75, 3.05) is 34.4 Å². The standard InChI is InChI=1S/C19H26N4O3.ClH/c1-22(14-15-11-16(25-2)13-17(12-15)26-3)18(24)19(5-8-20-9-6-19)23-10-4-7-21-23;/h4,7,10-13,20H,5-6,8-9,14H2,1-3H3;1H. The van der Waals surface area contributed by atoms with Crippen LogP contribution in [0.25, 0.3) is 0 Å². The van der Waals surface area contributed by atoms with Gasteiger partial charge in [0.1, 0.15) is 17.0 Å². The maximum absolute atomic E-state index is 13.4. The van der Waals surface area contributed by atoms with E-state index in [4.69, 9.17) is 9.47 Å². The number of rotatable bonds is 6. The number of hydrogen-bond acceptors (Lipinski definition) is 5. The summed E-state index contributed by atoms with van der Waals surface area (Å²) in [5, 5.41) is 7.71. The van der Waals surface area contributed by atoms with Gasteiger partial charge in [-0.1, -0.05) is 0 Å². The van der Waals surface area contributed by atoms with E-state index in [0.717, 1.165) is 31.5 Å². The minimum absolute atomic E-state index is 0. The Balaban J connectivity index is 0.00000261. The smallest absolute Gasteiger partial charge is 0.250 e. The third kappa shape index (κ3) is 4.36. The van der Waals surface area contributed by atoms with E-state index in [1.165, 1.54) is 0 Å². The normalized spacial score (nSPS) is 15.5. The minimum atomic E-state index is -0.632. The second-order valence-corrected chi connectivity index (χ2v) is 6.61. The van der Waals surface area contributed by atoms with Gasteiger partial charge in [-0.05, 0) is 49.7 Å². The third-order valence-corrected chi connectivity index (χ3v) is 4.95. The summed E-state index contributed by atoms with van der Waals surface area (Å²) in [4.78, 5) is 15.2. The summed E-state index contributed by atoms with van der Waals surface area (Å²) >= 11 is 0. The van der Waals surface area contributed by atoms with Crippen LogP contribution in [0.1, 0.15) is 18.4 Å². The van der Waals surface area contributed by atoms with Crippen molar-refractivity contribution in [1.29, 1.82) is 0 Å². The molecule has 0 saturated carbocycles. The monoisotopic (exact) mass is 394 g/mol. The van der Waals surface area contributed by atoms with Crippen molar-refractivity contribution >= 4 is 18.3 Å². The average Bonchev–Trinajstić information content (AvgIpc) is 3.22. The quantitative estimate of drug-likeness (QED) is 0.812. The van der Waals surface area contributed by atoms with Gasteiger partial charge in [-0.25, -0.2) is 0 Å². The fourth-order valence-electron chi connectivity index (χ4n) is 3.56. The van der Waals surface area contributed by atoms with Gasteiger partial charge in [0.15, 0.2) is 0 Å². The molecule has 7 nitrogen and oxygen atoms in total. The van der Waals surface area contributed by atoms with Crippen LogP contribution >= 0.6 is 12.4 Å². The maximum Gasteiger partial charge on any atom is 0.250 e. The van der Waals surface area contributed by atoms with Crippen LogP contribution in [-0.2, 0) is 16.9 Å². The first-order valence-electron chi connectivity index (χ1n) is 8.77. The van der Waals surface area contributed by atoms with Crippen LogP contribution in [0.3, 0.4) is 0 Å². The van der Waals surface area contributed by atoms with Crippen molar-refractivity contribution in [3.8, 4) is 11.5 Å². The number of nitrogens with zero attached hydrogens (tertiary/aromatic N) is 3. The number of nitrogens with one attached hydrogen (secondary N) is 1. The molecule has 2 aromatic rings. The molecule has 1 aromatic carbocycles. The summed E-state index contributed by atoms with van der Waals surface area (Å²) in [7, 11) is 5.08. The number of aromatic nitrogens is 2. The van der Waals surface area contributed by atoms with E-state index >= 15 is 0 Å². The summed E-state index contributed by atoms with van der Waals surface area (Å²) < 4.78 is 12.5. The van der Waals surface area contributed by atoms with Gasteiger partial charge in [0.05, 0.1) is 14.2 Å². The lowest BCUT2D eigenvalue weighted by Crippen LogP contribution is -2.54. The van der Waals surface area contributed by atoms with Gasteiger partial charge >= 0.3 is 0 Å². The molecule has 8 heteroatoms. The number of halogens is 1. The largest absolute Gasteiger partial charge is 0.497 e. The van der Waals surface area contributed by atoms with Crippen LogP contribution in [0.5, 0.6) is 11.5 Å². The van der Waals surface area contributed by atoms with Crippen molar-refractivity contribution in [2.24, 2.45) is 0 Å². The Morgan fingerprint density at radius 3 is 2.37 bits per heavy atom. The molecule has 0 radical (unpaired) electrons. The van der Waals surface area contributed by atoms with Crippen LogP contribution in [-0.4, -0.2) is 54.9 Å². The molecule has 1 saturated heterocycles. The zero-order valence-electron chi connectivity index (χ0n) is 16.0. The summed E-state index contributed by atoms with van der Waals surface area (Å²) in [6.45, 7) is 2.07. The van der Waals surface area contributed by atoms with Crippen molar-refractivity contribution in [1.82, 2.24) is 20.0 Å². The molecule has 1 N–H and O–H groups in total. The number of ether oxygens (including phenoxy) is 2. The molecule has 0 bridgehead atoms. The topological polar surface area (TPSA) is 68.6 Å². The Hall–Kier alpha value is -2.25. The molecule has 2 heterocycles. The molecule has 1 aliphatic heterocycles. The Labute approximate surface area is 166 Å². The van der Waals surface area contributed by atoms with Gasteiger partial charge < -0.3 is 19.7 Å². The number of piperidine rings is 1. The van der Waals surface area contributed by atoms with Crippen molar-refractivity contribution in [2.45, 2.75) is 24.9 Å². The van der Waals surface area contributed by atoms with E-state index in [2.05, 4.69) is 10.4 Å². The number of amides is 1. The molecule has 148 valence electrons. The van der Waals surface area contributed by atoms with E-state index in [-0.39, 0.29) is 18.3 Å².